The molecule has 0 radical (unpaired) electrons. The number of rotatable bonds is 6. The Hall–Kier alpha value is -0.930. The van der Waals surface area contributed by atoms with Crippen LogP contribution in [-0.4, -0.2) is 19.8 Å². The molecule has 0 heterocycles. The summed E-state index contributed by atoms with van der Waals surface area (Å²) in [6, 6.07) is 7.48. The maximum Gasteiger partial charge on any atom is 0.123 e. The number of benzene rings is 1. The van der Waals surface area contributed by atoms with Crippen LogP contribution in [0.5, 0.6) is 0 Å². The predicted octanol–water partition coefficient (Wildman–Crippen LogP) is 2.90. The van der Waals surface area contributed by atoms with Gasteiger partial charge in [0.2, 0.25) is 0 Å². The molecule has 2 nitrogen and oxygen atoms in total. The van der Waals surface area contributed by atoms with Gasteiger partial charge in [0.1, 0.15) is 5.82 Å². The predicted molar refractivity (Wildman–Crippen MR) is 66.3 cm³/mol. The minimum Gasteiger partial charge on any atom is -0.383 e. The quantitative estimate of drug-likeness (QED) is 0.821. The van der Waals surface area contributed by atoms with E-state index in [1.54, 1.807) is 7.11 Å². The van der Waals surface area contributed by atoms with E-state index in [-0.39, 0.29) is 5.82 Å². The Kier molecular flexibility index (Phi) is 4.13. The number of ether oxygens (including phenoxy) is 1. The molecule has 0 spiro atoms. The largest absolute Gasteiger partial charge is 0.383 e. The molecule has 1 saturated carbocycles. The van der Waals surface area contributed by atoms with Crippen molar-refractivity contribution < 1.29 is 9.13 Å². The minimum atomic E-state index is -0.173. The number of nitrogens with one attached hydrogen (secondary N) is 1. The summed E-state index contributed by atoms with van der Waals surface area (Å²) in [4.78, 5) is 0. The Morgan fingerprint density at radius 3 is 2.53 bits per heavy atom. The molecule has 17 heavy (non-hydrogen) atoms. The zero-order valence-electron chi connectivity index (χ0n) is 10.4. The maximum absolute atomic E-state index is 12.9. The van der Waals surface area contributed by atoms with Crippen LogP contribution in [0.3, 0.4) is 0 Å². The van der Waals surface area contributed by atoms with Gasteiger partial charge in [-0.3, -0.25) is 0 Å². The Labute approximate surface area is 102 Å². The number of methoxy groups -OCH3 is 1. The fourth-order valence-electron chi connectivity index (χ4n) is 2.21. The van der Waals surface area contributed by atoms with Gasteiger partial charge in [-0.15, -0.1) is 0 Å². The van der Waals surface area contributed by atoms with Crippen molar-refractivity contribution in [3.05, 3.63) is 35.6 Å². The van der Waals surface area contributed by atoms with Crippen LogP contribution < -0.4 is 5.32 Å². The van der Waals surface area contributed by atoms with Gasteiger partial charge in [0.15, 0.2) is 0 Å². The van der Waals surface area contributed by atoms with Gasteiger partial charge in [0, 0.05) is 19.2 Å². The highest BCUT2D eigenvalue weighted by Gasteiger charge is 2.32. The second-order valence-corrected chi connectivity index (χ2v) is 4.89. The van der Waals surface area contributed by atoms with Gasteiger partial charge in [0.05, 0.1) is 6.61 Å². The highest BCUT2D eigenvalue weighted by molar-refractivity contribution is 5.22. The van der Waals surface area contributed by atoms with Gasteiger partial charge in [-0.2, -0.15) is 0 Å². The van der Waals surface area contributed by atoms with Crippen molar-refractivity contribution in [1.82, 2.24) is 5.32 Å². The lowest BCUT2D eigenvalue weighted by Gasteiger charge is -2.23. The van der Waals surface area contributed by atoms with Crippen LogP contribution in [0.15, 0.2) is 24.3 Å². The molecular formula is C14H20FNO. The van der Waals surface area contributed by atoms with Gasteiger partial charge in [-0.25, -0.2) is 4.39 Å². The van der Waals surface area contributed by atoms with Gasteiger partial charge < -0.3 is 10.1 Å². The first-order chi connectivity index (χ1) is 8.20. The molecule has 0 aromatic heterocycles. The summed E-state index contributed by atoms with van der Waals surface area (Å²) >= 11 is 0. The first-order valence-corrected chi connectivity index (χ1v) is 6.21. The molecule has 0 bridgehead atoms. The monoisotopic (exact) mass is 237 g/mol. The molecular weight excluding hydrogens is 217 g/mol. The van der Waals surface area contributed by atoms with Crippen molar-refractivity contribution in [3.63, 3.8) is 0 Å². The molecule has 2 unspecified atom stereocenters. The fourth-order valence-corrected chi connectivity index (χ4v) is 2.21. The topological polar surface area (TPSA) is 21.3 Å². The molecule has 2 atom stereocenters. The molecule has 1 N–H and O–H groups in total. The SMILES string of the molecule is COCC(C)NC(c1ccc(F)cc1)C1CC1. The maximum atomic E-state index is 12.9. The molecule has 0 saturated heterocycles. The molecule has 1 aromatic carbocycles. The lowest BCUT2D eigenvalue weighted by atomic mass is 10.0. The highest BCUT2D eigenvalue weighted by atomic mass is 19.1. The van der Waals surface area contributed by atoms with E-state index in [9.17, 15) is 4.39 Å². The van der Waals surface area contributed by atoms with E-state index in [1.165, 1.54) is 30.5 Å². The van der Waals surface area contributed by atoms with E-state index in [0.717, 1.165) is 0 Å². The minimum absolute atomic E-state index is 0.173. The highest BCUT2D eigenvalue weighted by Crippen LogP contribution is 2.41. The van der Waals surface area contributed by atoms with E-state index >= 15 is 0 Å². The smallest absolute Gasteiger partial charge is 0.123 e. The van der Waals surface area contributed by atoms with Crippen molar-refractivity contribution in [2.45, 2.75) is 31.8 Å². The van der Waals surface area contributed by atoms with Crippen molar-refractivity contribution in [2.75, 3.05) is 13.7 Å². The molecule has 0 aliphatic heterocycles. The summed E-state index contributed by atoms with van der Waals surface area (Å²) in [6.07, 6.45) is 2.52. The zero-order valence-corrected chi connectivity index (χ0v) is 10.4. The Balaban J connectivity index is 2.04. The summed E-state index contributed by atoms with van der Waals surface area (Å²) < 4.78 is 18.0. The van der Waals surface area contributed by atoms with Crippen LogP contribution in [-0.2, 0) is 4.74 Å². The number of hydrogen-bond donors (Lipinski definition) is 1. The second-order valence-electron chi connectivity index (χ2n) is 4.89. The average Bonchev–Trinajstić information content (AvgIpc) is 3.12. The first kappa shape index (κ1) is 12.5. The summed E-state index contributed by atoms with van der Waals surface area (Å²) in [5, 5.41) is 3.57. The third kappa shape index (κ3) is 3.51. The van der Waals surface area contributed by atoms with E-state index in [4.69, 9.17) is 4.74 Å². The van der Waals surface area contributed by atoms with Crippen LogP contribution in [0, 0.1) is 11.7 Å². The van der Waals surface area contributed by atoms with E-state index in [0.29, 0.717) is 24.6 Å². The average molecular weight is 237 g/mol. The van der Waals surface area contributed by atoms with E-state index < -0.39 is 0 Å². The molecule has 0 amide bonds. The Morgan fingerprint density at radius 2 is 2.00 bits per heavy atom. The molecule has 1 fully saturated rings. The van der Waals surface area contributed by atoms with Crippen LogP contribution >= 0.6 is 0 Å². The summed E-state index contributed by atoms with van der Waals surface area (Å²) in [5.74, 6) is 0.521. The number of halogens is 1. The fraction of sp³-hybridized carbons (Fsp3) is 0.571. The third-order valence-electron chi connectivity index (χ3n) is 3.20. The molecule has 1 aliphatic rings. The molecule has 1 aromatic rings. The Morgan fingerprint density at radius 1 is 1.35 bits per heavy atom. The summed E-state index contributed by atoms with van der Waals surface area (Å²) in [5.41, 5.74) is 1.18. The van der Waals surface area contributed by atoms with Crippen LogP contribution in [0.25, 0.3) is 0 Å². The van der Waals surface area contributed by atoms with Crippen LogP contribution in [0.4, 0.5) is 4.39 Å². The van der Waals surface area contributed by atoms with Gasteiger partial charge >= 0.3 is 0 Å². The van der Waals surface area contributed by atoms with E-state index in [1.807, 2.05) is 12.1 Å². The molecule has 3 heteroatoms. The molecule has 94 valence electrons. The lowest BCUT2D eigenvalue weighted by molar-refractivity contribution is 0.164. The lowest BCUT2D eigenvalue weighted by Crippen LogP contribution is -2.34. The van der Waals surface area contributed by atoms with Crippen molar-refractivity contribution in [1.29, 1.82) is 0 Å². The van der Waals surface area contributed by atoms with Crippen molar-refractivity contribution in [2.24, 2.45) is 5.92 Å². The van der Waals surface area contributed by atoms with Crippen molar-refractivity contribution >= 4 is 0 Å². The standard InChI is InChI=1S/C14H20FNO/c1-10(9-17-2)16-14(11-3-4-11)12-5-7-13(15)8-6-12/h5-8,10-11,14,16H,3-4,9H2,1-2H3. The first-order valence-electron chi connectivity index (χ1n) is 6.21. The normalized spacial score (nSPS) is 19.0. The zero-order chi connectivity index (χ0) is 12.3. The molecule has 2 rings (SSSR count). The van der Waals surface area contributed by atoms with Gasteiger partial charge in [0.25, 0.3) is 0 Å². The second kappa shape index (κ2) is 5.61. The van der Waals surface area contributed by atoms with Crippen LogP contribution in [0.1, 0.15) is 31.4 Å². The van der Waals surface area contributed by atoms with E-state index in [2.05, 4.69) is 12.2 Å². The molecule has 1 aliphatic carbocycles. The van der Waals surface area contributed by atoms with Gasteiger partial charge in [-0.1, -0.05) is 12.1 Å². The van der Waals surface area contributed by atoms with Crippen LogP contribution in [0.2, 0.25) is 0 Å². The third-order valence-corrected chi connectivity index (χ3v) is 3.20. The van der Waals surface area contributed by atoms with Gasteiger partial charge in [-0.05, 0) is 43.4 Å². The number of hydrogen-bond acceptors (Lipinski definition) is 2. The van der Waals surface area contributed by atoms with Crippen molar-refractivity contribution in [3.8, 4) is 0 Å². The Bertz CT molecular complexity index is 348. The summed E-state index contributed by atoms with van der Waals surface area (Å²) in [6.45, 7) is 2.81. The summed E-state index contributed by atoms with van der Waals surface area (Å²) in [7, 11) is 1.71.